The second kappa shape index (κ2) is 7.55. The number of nitrogens with zero attached hydrogens (tertiary/aromatic N) is 2. The van der Waals surface area contributed by atoms with E-state index in [1.807, 2.05) is 23.7 Å². The molecule has 0 spiro atoms. The Labute approximate surface area is 160 Å². The van der Waals surface area contributed by atoms with Crippen molar-refractivity contribution in [3.05, 3.63) is 53.6 Å². The molecule has 0 aliphatic rings. The Balaban J connectivity index is 1.86. The lowest BCUT2D eigenvalue weighted by molar-refractivity contribution is 0.0956. The minimum atomic E-state index is -4.15. The minimum Gasteiger partial charge on any atom is -0.384 e. The number of carbonyl (C=O) groups excluding carboxylic acids is 1. The molecule has 28 heavy (non-hydrogen) atoms. The maximum Gasteiger partial charge on any atom is 0.327 e. The van der Waals surface area contributed by atoms with Crippen molar-refractivity contribution in [3.63, 3.8) is 0 Å². The third kappa shape index (κ3) is 4.28. The fourth-order valence-electron chi connectivity index (χ4n) is 2.82. The molecule has 3 rings (SSSR count). The van der Waals surface area contributed by atoms with Crippen LogP contribution in [-0.4, -0.2) is 43.8 Å². The van der Waals surface area contributed by atoms with Crippen molar-refractivity contribution >= 4 is 30.4 Å². The summed E-state index contributed by atoms with van der Waals surface area (Å²) in [6, 6.07) is 12.2. The smallest absolute Gasteiger partial charge is 0.327 e. The topological polar surface area (TPSA) is 154 Å². The number of rotatable bonds is 6. The number of amidine groups is 1. The van der Waals surface area contributed by atoms with Crippen molar-refractivity contribution in [2.24, 2.45) is 12.8 Å². The molecule has 3 aromatic rings. The van der Waals surface area contributed by atoms with Gasteiger partial charge in [-0.25, -0.2) is 4.98 Å². The average Bonchev–Trinajstić information content (AvgIpc) is 2.97. The summed E-state index contributed by atoms with van der Waals surface area (Å²) in [6.07, 6.45) is -0.412. The third-order valence-corrected chi connectivity index (χ3v) is 5.09. The van der Waals surface area contributed by atoms with Gasteiger partial charge in [-0.2, -0.15) is 0 Å². The molecule has 0 fully saturated rings. The summed E-state index contributed by atoms with van der Waals surface area (Å²) in [5.41, 5.74) is 8.75. The highest BCUT2D eigenvalue weighted by Gasteiger charge is 2.15. The van der Waals surface area contributed by atoms with E-state index < -0.39 is 19.7 Å². The normalized spacial score (nSPS) is 11.5. The number of imidazole rings is 1. The van der Waals surface area contributed by atoms with Gasteiger partial charge in [0.05, 0.1) is 17.2 Å². The van der Waals surface area contributed by atoms with Crippen molar-refractivity contribution in [1.29, 1.82) is 5.41 Å². The maximum atomic E-state index is 12.2. The Morgan fingerprint density at radius 1 is 1.21 bits per heavy atom. The van der Waals surface area contributed by atoms with Gasteiger partial charge in [0.2, 0.25) is 0 Å². The van der Waals surface area contributed by atoms with E-state index in [1.54, 1.807) is 30.3 Å². The van der Waals surface area contributed by atoms with Crippen LogP contribution >= 0.6 is 7.60 Å². The molecule has 1 aromatic heterocycles. The van der Waals surface area contributed by atoms with Crippen molar-refractivity contribution in [2.75, 3.05) is 12.7 Å². The van der Waals surface area contributed by atoms with Crippen LogP contribution in [0.2, 0.25) is 0 Å². The Bertz CT molecular complexity index is 1100. The highest BCUT2D eigenvalue weighted by atomic mass is 31.2. The highest BCUT2D eigenvalue weighted by molar-refractivity contribution is 7.51. The predicted octanol–water partition coefficient (Wildman–Crippen LogP) is 1.43. The first-order valence-electron chi connectivity index (χ1n) is 8.40. The zero-order chi connectivity index (χ0) is 20.5. The number of nitrogens with one attached hydrogen (secondary N) is 2. The number of hydrogen-bond acceptors (Lipinski definition) is 4. The molecule has 0 atom stereocenters. The number of aryl methyl sites for hydroxylation is 1. The maximum absolute atomic E-state index is 12.2. The van der Waals surface area contributed by atoms with E-state index in [4.69, 9.17) is 20.9 Å². The Morgan fingerprint density at radius 2 is 1.86 bits per heavy atom. The second-order valence-corrected chi connectivity index (χ2v) is 8.11. The highest BCUT2D eigenvalue weighted by Crippen LogP contribution is 2.32. The SMILES string of the molecule is Cn1c(-c2ccc(C(=N)N)cc2)nc2cc(C(=O)NCCP(=O)(O)O)ccc21. The van der Waals surface area contributed by atoms with E-state index in [-0.39, 0.29) is 12.4 Å². The first kappa shape index (κ1) is 19.8. The molecule has 146 valence electrons. The number of carbonyl (C=O) groups is 1. The standard InChI is InChI=1S/C18H20N5O4P/c1-23-15-7-6-13(18(24)21-8-9-28(25,26)27)10-14(15)22-17(23)12-4-2-11(3-5-12)16(19)20/h2-7,10H,8-9H2,1H3,(H3,19,20)(H,21,24)(H2,25,26,27). The number of benzene rings is 2. The number of amides is 1. The van der Waals surface area contributed by atoms with Crippen LogP contribution in [-0.2, 0) is 11.6 Å². The van der Waals surface area contributed by atoms with E-state index in [0.717, 1.165) is 11.1 Å². The van der Waals surface area contributed by atoms with Gasteiger partial charge in [0.15, 0.2) is 0 Å². The molecule has 0 aliphatic carbocycles. The molecule has 0 aliphatic heterocycles. The van der Waals surface area contributed by atoms with Crippen molar-refractivity contribution in [3.8, 4) is 11.4 Å². The lowest BCUT2D eigenvalue weighted by atomic mass is 10.1. The molecule has 1 heterocycles. The molecule has 0 unspecified atom stereocenters. The Kier molecular flexibility index (Phi) is 5.33. The van der Waals surface area contributed by atoms with E-state index >= 15 is 0 Å². The fourth-order valence-corrected chi connectivity index (χ4v) is 3.22. The first-order chi connectivity index (χ1) is 13.2. The largest absolute Gasteiger partial charge is 0.384 e. The summed E-state index contributed by atoms with van der Waals surface area (Å²) in [5.74, 6) is 0.267. The Hall–Kier alpha value is -3.00. The Morgan fingerprint density at radius 3 is 2.46 bits per heavy atom. The van der Waals surface area contributed by atoms with Crippen LogP contribution in [0.4, 0.5) is 0 Å². The first-order valence-corrected chi connectivity index (χ1v) is 10.2. The summed E-state index contributed by atoms with van der Waals surface area (Å²) in [6.45, 7) is -0.114. The van der Waals surface area contributed by atoms with Gasteiger partial charge >= 0.3 is 7.60 Å². The van der Waals surface area contributed by atoms with Crippen LogP contribution in [0.3, 0.4) is 0 Å². The quantitative estimate of drug-likeness (QED) is 0.239. The van der Waals surface area contributed by atoms with Gasteiger partial charge < -0.3 is 25.4 Å². The molecule has 0 saturated heterocycles. The molecule has 10 heteroatoms. The molecular weight excluding hydrogens is 381 g/mol. The van der Waals surface area contributed by atoms with Crippen LogP contribution in [0, 0.1) is 5.41 Å². The molecule has 0 bridgehead atoms. The number of nitrogens with two attached hydrogens (primary N) is 1. The van der Waals surface area contributed by atoms with Gasteiger partial charge in [-0.3, -0.25) is 14.8 Å². The van der Waals surface area contributed by atoms with Gasteiger partial charge in [-0.15, -0.1) is 0 Å². The van der Waals surface area contributed by atoms with E-state index in [9.17, 15) is 9.36 Å². The van der Waals surface area contributed by atoms with E-state index in [0.29, 0.717) is 22.5 Å². The lowest BCUT2D eigenvalue weighted by Gasteiger charge is -2.06. The van der Waals surface area contributed by atoms with Crippen LogP contribution in [0.15, 0.2) is 42.5 Å². The monoisotopic (exact) mass is 401 g/mol. The van der Waals surface area contributed by atoms with Gasteiger partial charge in [0.1, 0.15) is 11.7 Å². The zero-order valence-corrected chi connectivity index (χ0v) is 16.0. The summed E-state index contributed by atoms with van der Waals surface area (Å²) < 4.78 is 12.8. The van der Waals surface area contributed by atoms with Crippen LogP contribution in [0.25, 0.3) is 22.4 Å². The molecule has 6 N–H and O–H groups in total. The van der Waals surface area contributed by atoms with Crippen LogP contribution < -0.4 is 11.1 Å². The molecular formula is C18H20N5O4P. The van der Waals surface area contributed by atoms with Gasteiger partial charge in [0, 0.05) is 30.3 Å². The summed E-state index contributed by atoms with van der Waals surface area (Å²) >= 11 is 0. The number of hydrogen-bond donors (Lipinski definition) is 5. The average molecular weight is 401 g/mol. The number of nitrogen functional groups attached to an aromatic ring is 1. The summed E-state index contributed by atoms with van der Waals surface area (Å²) in [4.78, 5) is 34.5. The van der Waals surface area contributed by atoms with Crippen LogP contribution in [0.1, 0.15) is 15.9 Å². The lowest BCUT2D eigenvalue weighted by Crippen LogP contribution is -2.26. The van der Waals surface area contributed by atoms with Crippen molar-refractivity contribution in [1.82, 2.24) is 14.9 Å². The van der Waals surface area contributed by atoms with Gasteiger partial charge in [-0.05, 0) is 18.2 Å². The second-order valence-electron chi connectivity index (χ2n) is 6.33. The summed E-state index contributed by atoms with van der Waals surface area (Å²) in [5, 5.41) is 9.95. The minimum absolute atomic E-state index is 0.00837. The third-order valence-electron chi connectivity index (χ3n) is 4.29. The molecule has 9 nitrogen and oxygen atoms in total. The number of aromatic nitrogens is 2. The van der Waals surface area contributed by atoms with Crippen molar-refractivity contribution in [2.45, 2.75) is 0 Å². The van der Waals surface area contributed by atoms with Crippen molar-refractivity contribution < 1.29 is 19.1 Å². The summed E-state index contributed by atoms with van der Waals surface area (Å²) in [7, 11) is -2.29. The van der Waals surface area contributed by atoms with E-state index in [1.165, 1.54) is 0 Å². The van der Waals surface area contributed by atoms with Crippen LogP contribution in [0.5, 0.6) is 0 Å². The molecule has 0 radical (unpaired) electrons. The molecule has 0 saturated carbocycles. The molecule has 2 aromatic carbocycles. The van der Waals surface area contributed by atoms with Gasteiger partial charge in [0.25, 0.3) is 5.91 Å². The predicted molar refractivity (Wildman–Crippen MR) is 106 cm³/mol. The molecule has 1 amide bonds. The number of fused-ring (bicyclic) bond motifs is 1. The zero-order valence-electron chi connectivity index (χ0n) is 15.1. The van der Waals surface area contributed by atoms with E-state index in [2.05, 4.69) is 10.3 Å². The van der Waals surface area contributed by atoms with Gasteiger partial charge in [-0.1, -0.05) is 24.3 Å². The fraction of sp³-hybridized carbons (Fsp3) is 0.167.